The van der Waals surface area contributed by atoms with Crippen molar-refractivity contribution in [3.8, 4) is 5.75 Å². The summed E-state index contributed by atoms with van der Waals surface area (Å²) in [7, 11) is 0. The Kier molecular flexibility index (Phi) is 4.78. The number of nitrogen functional groups attached to an aromatic ring is 1. The quantitative estimate of drug-likeness (QED) is 0.480. The highest BCUT2D eigenvalue weighted by atomic mass is 16.3. The lowest BCUT2D eigenvalue weighted by Crippen LogP contribution is -2.41. The highest BCUT2D eigenvalue weighted by molar-refractivity contribution is 5.98. The van der Waals surface area contributed by atoms with Crippen molar-refractivity contribution in [1.82, 2.24) is 5.32 Å². The average Bonchev–Trinajstić information content (AvgIpc) is 2.28. The Hall–Kier alpha value is -1.75. The van der Waals surface area contributed by atoms with E-state index in [1.54, 1.807) is 13.0 Å². The number of aliphatic hydroxyl groups is 1. The molecule has 0 aliphatic heterocycles. The van der Waals surface area contributed by atoms with Crippen molar-refractivity contribution < 1.29 is 15.0 Å². The molecular weight excluding hydrogens is 244 g/mol. The molecule has 0 saturated heterocycles. The zero-order valence-corrected chi connectivity index (χ0v) is 11.6. The lowest BCUT2D eigenvalue weighted by molar-refractivity contribution is 0.0368. The Morgan fingerprint density at radius 3 is 2.68 bits per heavy atom. The number of nitrogens with one attached hydrogen (secondary N) is 1. The number of phenols is 1. The van der Waals surface area contributed by atoms with Crippen molar-refractivity contribution in [1.29, 1.82) is 0 Å². The zero-order valence-electron chi connectivity index (χ0n) is 11.6. The number of hydrogen-bond acceptors (Lipinski definition) is 4. The summed E-state index contributed by atoms with van der Waals surface area (Å²) >= 11 is 0. The molecule has 1 atom stereocenters. The summed E-state index contributed by atoms with van der Waals surface area (Å²) in [6.07, 6.45) is 0.580. The molecule has 0 radical (unpaired) electrons. The summed E-state index contributed by atoms with van der Waals surface area (Å²) in [6.45, 7) is 5.80. The smallest absolute Gasteiger partial charge is 0.255 e. The monoisotopic (exact) mass is 266 g/mol. The van der Waals surface area contributed by atoms with Crippen molar-refractivity contribution in [3.05, 3.63) is 23.8 Å². The van der Waals surface area contributed by atoms with Crippen molar-refractivity contribution in [2.45, 2.75) is 32.8 Å². The van der Waals surface area contributed by atoms with Gasteiger partial charge in [-0.1, -0.05) is 19.9 Å². The summed E-state index contributed by atoms with van der Waals surface area (Å²) in [5.41, 5.74) is 4.82. The van der Waals surface area contributed by atoms with E-state index >= 15 is 0 Å². The second-order valence-electron chi connectivity index (χ2n) is 5.52. The van der Waals surface area contributed by atoms with Crippen LogP contribution in [0.15, 0.2) is 18.2 Å². The van der Waals surface area contributed by atoms with Crippen LogP contribution in [-0.2, 0) is 0 Å². The molecule has 106 valence electrons. The van der Waals surface area contributed by atoms with Crippen LogP contribution < -0.4 is 11.1 Å². The van der Waals surface area contributed by atoms with Crippen LogP contribution in [0.1, 0.15) is 37.6 Å². The Morgan fingerprint density at radius 1 is 1.47 bits per heavy atom. The molecule has 1 rings (SSSR count). The van der Waals surface area contributed by atoms with Crippen molar-refractivity contribution in [3.63, 3.8) is 0 Å². The summed E-state index contributed by atoms with van der Waals surface area (Å²) < 4.78 is 0. The fourth-order valence-corrected chi connectivity index (χ4v) is 2.06. The average molecular weight is 266 g/mol. The number of aromatic hydroxyl groups is 1. The van der Waals surface area contributed by atoms with Crippen LogP contribution in [0.2, 0.25) is 0 Å². The van der Waals surface area contributed by atoms with Crippen LogP contribution in [0.25, 0.3) is 0 Å². The molecule has 5 heteroatoms. The molecule has 0 aromatic heterocycles. The van der Waals surface area contributed by atoms with Crippen molar-refractivity contribution in [2.75, 3.05) is 12.3 Å². The topological polar surface area (TPSA) is 95.6 Å². The molecule has 5 N–H and O–H groups in total. The van der Waals surface area contributed by atoms with Gasteiger partial charge in [0.1, 0.15) is 0 Å². The molecule has 1 amide bonds. The Morgan fingerprint density at radius 2 is 2.11 bits per heavy atom. The molecule has 5 nitrogen and oxygen atoms in total. The van der Waals surface area contributed by atoms with Crippen LogP contribution >= 0.6 is 0 Å². The minimum atomic E-state index is -0.972. The van der Waals surface area contributed by atoms with Crippen LogP contribution in [0.3, 0.4) is 0 Å². The summed E-state index contributed by atoms with van der Waals surface area (Å²) in [5, 5.41) is 22.4. The van der Waals surface area contributed by atoms with E-state index in [0.717, 1.165) is 0 Å². The number of nitrogens with two attached hydrogens (primary N) is 1. The third-order valence-electron chi connectivity index (χ3n) is 2.79. The molecule has 0 saturated carbocycles. The summed E-state index contributed by atoms with van der Waals surface area (Å²) in [5.74, 6) is -0.356. The van der Waals surface area contributed by atoms with Gasteiger partial charge in [-0.3, -0.25) is 4.79 Å². The number of hydrogen-bond donors (Lipinski definition) is 4. The van der Waals surface area contributed by atoms with Gasteiger partial charge in [0.25, 0.3) is 5.91 Å². The van der Waals surface area contributed by atoms with Crippen LogP contribution in [0.5, 0.6) is 5.75 Å². The van der Waals surface area contributed by atoms with E-state index in [1.807, 2.05) is 13.8 Å². The van der Waals surface area contributed by atoms with Gasteiger partial charge in [0, 0.05) is 6.54 Å². The number of rotatable bonds is 5. The highest BCUT2D eigenvalue weighted by Gasteiger charge is 2.23. The van der Waals surface area contributed by atoms with E-state index in [1.165, 1.54) is 12.1 Å². The molecule has 1 aromatic rings. The molecule has 0 heterocycles. The second-order valence-corrected chi connectivity index (χ2v) is 5.52. The van der Waals surface area contributed by atoms with E-state index in [4.69, 9.17) is 5.73 Å². The van der Waals surface area contributed by atoms with Gasteiger partial charge in [0.2, 0.25) is 0 Å². The SMILES string of the molecule is CC(C)CC(C)(O)CNC(=O)c1cccc(N)c1O. The first-order chi connectivity index (χ1) is 8.73. The summed E-state index contributed by atoms with van der Waals surface area (Å²) in [4.78, 5) is 11.9. The molecule has 0 bridgehead atoms. The highest BCUT2D eigenvalue weighted by Crippen LogP contribution is 2.24. The Labute approximate surface area is 113 Å². The van der Waals surface area contributed by atoms with Gasteiger partial charge in [0.05, 0.1) is 16.9 Å². The maximum absolute atomic E-state index is 11.9. The largest absolute Gasteiger partial charge is 0.505 e. The Bertz CT molecular complexity index is 456. The molecule has 0 aliphatic rings. The Balaban J connectivity index is 2.68. The zero-order chi connectivity index (χ0) is 14.6. The van der Waals surface area contributed by atoms with Gasteiger partial charge < -0.3 is 21.3 Å². The van der Waals surface area contributed by atoms with Crippen molar-refractivity contribution in [2.24, 2.45) is 5.92 Å². The van der Waals surface area contributed by atoms with Gasteiger partial charge in [-0.05, 0) is 31.4 Å². The molecule has 0 aliphatic carbocycles. The van der Waals surface area contributed by atoms with Gasteiger partial charge in [-0.15, -0.1) is 0 Å². The predicted octanol–water partition coefficient (Wildman–Crippen LogP) is 1.50. The lowest BCUT2D eigenvalue weighted by Gasteiger charge is -2.25. The van der Waals surface area contributed by atoms with E-state index < -0.39 is 11.5 Å². The van der Waals surface area contributed by atoms with Gasteiger partial charge in [-0.2, -0.15) is 0 Å². The third kappa shape index (κ3) is 4.44. The number of anilines is 1. The number of carbonyl (C=O) groups excluding carboxylic acids is 1. The third-order valence-corrected chi connectivity index (χ3v) is 2.79. The van der Waals surface area contributed by atoms with Crippen LogP contribution in [-0.4, -0.2) is 28.3 Å². The normalized spacial score (nSPS) is 14.2. The molecule has 0 spiro atoms. The predicted molar refractivity (Wildman–Crippen MR) is 74.9 cm³/mol. The van der Waals surface area contributed by atoms with E-state index in [9.17, 15) is 15.0 Å². The molecule has 1 aromatic carbocycles. The van der Waals surface area contributed by atoms with Gasteiger partial charge in [0.15, 0.2) is 5.75 Å². The molecule has 19 heavy (non-hydrogen) atoms. The first kappa shape index (κ1) is 15.3. The fraction of sp³-hybridized carbons (Fsp3) is 0.500. The first-order valence-corrected chi connectivity index (χ1v) is 6.31. The number of carbonyl (C=O) groups is 1. The van der Waals surface area contributed by atoms with Crippen molar-refractivity contribution >= 4 is 11.6 Å². The number of benzene rings is 1. The fourth-order valence-electron chi connectivity index (χ4n) is 2.06. The lowest BCUT2D eigenvalue weighted by atomic mass is 9.94. The number of phenolic OH excluding ortho intramolecular Hbond substituents is 1. The van der Waals surface area contributed by atoms with Crippen LogP contribution in [0.4, 0.5) is 5.69 Å². The summed E-state index contributed by atoms with van der Waals surface area (Å²) in [6, 6.07) is 4.59. The van der Waals surface area contributed by atoms with Gasteiger partial charge >= 0.3 is 0 Å². The number of para-hydroxylation sites is 1. The standard InChI is InChI=1S/C14H22N2O3/c1-9(2)7-14(3,19)8-16-13(18)10-5-4-6-11(15)12(10)17/h4-6,9,17,19H,7-8,15H2,1-3H3,(H,16,18). The first-order valence-electron chi connectivity index (χ1n) is 6.31. The van der Waals surface area contributed by atoms with E-state index in [-0.39, 0.29) is 23.5 Å². The minimum absolute atomic E-state index is 0.111. The van der Waals surface area contributed by atoms with E-state index in [2.05, 4.69) is 5.32 Å². The van der Waals surface area contributed by atoms with Gasteiger partial charge in [-0.25, -0.2) is 0 Å². The minimum Gasteiger partial charge on any atom is -0.505 e. The van der Waals surface area contributed by atoms with E-state index in [0.29, 0.717) is 12.3 Å². The second kappa shape index (κ2) is 5.93. The maximum atomic E-state index is 11.9. The number of amides is 1. The maximum Gasteiger partial charge on any atom is 0.255 e. The van der Waals surface area contributed by atoms with Crippen LogP contribution in [0, 0.1) is 5.92 Å². The molecule has 0 fully saturated rings. The molecule has 1 unspecified atom stereocenters. The molecular formula is C14H22N2O3.